The summed E-state index contributed by atoms with van der Waals surface area (Å²) >= 11 is 0. The molecule has 2 rings (SSSR count). The van der Waals surface area contributed by atoms with E-state index in [1.165, 1.54) is 0 Å². The monoisotopic (exact) mass is 142 g/mol. The van der Waals surface area contributed by atoms with E-state index >= 15 is 0 Å². The Morgan fingerprint density at radius 1 is 1.18 bits per heavy atom. The van der Waals surface area contributed by atoms with Crippen LogP contribution >= 0.6 is 0 Å². The minimum absolute atomic E-state index is 0.897. The van der Waals surface area contributed by atoms with E-state index in [0.29, 0.717) is 0 Å². The van der Waals surface area contributed by atoms with Crippen molar-refractivity contribution in [3.05, 3.63) is 40.9 Å². The molecule has 1 aliphatic heterocycles. The van der Waals surface area contributed by atoms with Crippen molar-refractivity contribution in [2.24, 2.45) is 10.2 Å². The van der Waals surface area contributed by atoms with Crippen LogP contribution < -0.4 is 10.6 Å². The number of hydrogen-bond donors (Lipinski definition) is 0. The largest absolute Gasteiger partial charge is 0.142 e. The lowest BCUT2D eigenvalue weighted by Gasteiger charge is -1.82. The molecule has 1 aromatic rings. The molecule has 0 unspecified atom stereocenters. The van der Waals surface area contributed by atoms with E-state index in [0.717, 1.165) is 10.6 Å². The molecule has 2 heteroatoms. The fraction of sp³-hybridized carbons (Fsp3) is 0. The third-order valence-electron chi connectivity index (χ3n) is 1.49. The fourth-order valence-electron chi connectivity index (χ4n) is 0.963. The molecule has 11 heavy (non-hydrogen) atoms. The first-order valence-electron chi connectivity index (χ1n) is 3.39. The molecular weight excluding hydrogens is 136 g/mol. The summed E-state index contributed by atoms with van der Waals surface area (Å²) in [5, 5.41) is 9.62. The highest BCUT2D eigenvalue weighted by Gasteiger charge is 1.83. The van der Waals surface area contributed by atoms with Crippen molar-refractivity contribution < 1.29 is 0 Å². The van der Waals surface area contributed by atoms with Crippen LogP contribution in [0.25, 0.3) is 6.08 Å². The Bertz CT molecular complexity index is 398. The smallest absolute Gasteiger partial charge is 0.0937 e. The van der Waals surface area contributed by atoms with Gasteiger partial charge in [0.25, 0.3) is 0 Å². The zero-order valence-corrected chi connectivity index (χ0v) is 5.86. The number of fused-ring (bicyclic) bond motifs is 1. The maximum absolute atomic E-state index is 3.94. The van der Waals surface area contributed by atoms with Gasteiger partial charge in [-0.15, -0.1) is 10.2 Å². The van der Waals surface area contributed by atoms with Gasteiger partial charge < -0.3 is 0 Å². The van der Waals surface area contributed by atoms with Crippen LogP contribution in [0.3, 0.4) is 0 Å². The third-order valence-corrected chi connectivity index (χ3v) is 1.49. The molecule has 0 saturated carbocycles. The second-order valence-corrected chi connectivity index (χ2v) is 2.22. The van der Waals surface area contributed by atoms with Crippen LogP contribution in [0, 0.1) is 0 Å². The molecule has 0 aliphatic carbocycles. The summed E-state index contributed by atoms with van der Waals surface area (Å²) in [6.07, 6.45) is 3.70. The molecular formula is C9H6N2. The molecule has 0 bridgehead atoms. The first-order chi connectivity index (χ1) is 5.47. The SMILES string of the molecule is C1=CC=c2ccccc2=NN=1. The van der Waals surface area contributed by atoms with E-state index < -0.39 is 0 Å². The van der Waals surface area contributed by atoms with Crippen molar-refractivity contribution in [1.82, 2.24) is 0 Å². The van der Waals surface area contributed by atoms with Crippen LogP contribution in [-0.2, 0) is 0 Å². The van der Waals surface area contributed by atoms with Gasteiger partial charge in [-0.1, -0.05) is 18.2 Å². The molecule has 1 aromatic carbocycles. The summed E-state index contributed by atoms with van der Waals surface area (Å²) in [5.74, 6) is 2.67. The van der Waals surface area contributed by atoms with E-state index in [9.17, 15) is 0 Å². The summed E-state index contributed by atoms with van der Waals surface area (Å²) in [4.78, 5) is 0. The van der Waals surface area contributed by atoms with Gasteiger partial charge in [0.05, 0.1) is 5.36 Å². The van der Waals surface area contributed by atoms with Crippen molar-refractivity contribution in [1.29, 1.82) is 0 Å². The van der Waals surface area contributed by atoms with Crippen LogP contribution in [0.5, 0.6) is 0 Å². The molecule has 1 aliphatic rings. The maximum atomic E-state index is 3.94. The lowest BCUT2D eigenvalue weighted by atomic mass is 10.3. The molecule has 0 saturated heterocycles. The quantitative estimate of drug-likeness (QED) is 0.496. The van der Waals surface area contributed by atoms with Crippen LogP contribution in [-0.4, -0.2) is 5.87 Å². The minimum Gasteiger partial charge on any atom is -0.142 e. The average Bonchev–Trinajstić information content (AvgIpc) is 2.28. The molecule has 0 aromatic heterocycles. The highest BCUT2D eigenvalue weighted by molar-refractivity contribution is 5.63. The highest BCUT2D eigenvalue weighted by Crippen LogP contribution is 1.76. The van der Waals surface area contributed by atoms with E-state index in [1.54, 1.807) is 6.08 Å². The fourth-order valence-corrected chi connectivity index (χ4v) is 0.963. The summed E-state index contributed by atoms with van der Waals surface area (Å²) < 4.78 is 0. The van der Waals surface area contributed by atoms with Gasteiger partial charge in [-0.25, -0.2) is 0 Å². The summed E-state index contributed by atoms with van der Waals surface area (Å²) in [6, 6.07) is 7.84. The van der Waals surface area contributed by atoms with Gasteiger partial charge in [-0.3, -0.25) is 0 Å². The van der Waals surface area contributed by atoms with E-state index in [2.05, 4.69) is 16.1 Å². The number of hydrogen-bond acceptors (Lipinski definition) is 2. The Morgan fingerprint density at radius 2 is 2.09 bits per heavy atom. The van der Waals surface area contributed by atoms with Crippen molar-refractivity contribution in [3.63, 3.8) is 0 Å². The molecule has 0 atom stereocenters. The van der Waals surface area contributed by atoms with Gasteiger partial charge in [-0.2, -0.15) is 0 Å². The topological polar surface area (TPSA) is 24.7 Å². The van der Waals surface area contributed by atoms with E-state index in [4.69, 9.17) is 0 Å². The number of nitrogens with zero attached hydrogens (tertiary/aromatic N) is 2. The Kier molecular flexibility index (Phi) is 1.39. The molecule has 2 nitrogen and oxygen atoms in total. The van der Waals surface area contributed by atoms with Crippen molar-refractivity contribution in [3.8, 4) is 0 Å². The molecule has 1 heterocycles. The molecule has 52 valence electrons. The Hall–Kier alpha value is -1.66. The number of allylic oxidation sites excluding steroid dienone is 1. The van der Waals surface area contributed by atoms with Crippen LogP contribution in [0.1, 0.15) is 0 Å². The van der Waals surface area contributed by atoms with Gasteiger partial charge in [0.15, 0.2) is 0 Å². The summed E-state index contributed by atoms with van der Waals surface area (Å²) in [7, 11) is 0. The molecule has 0 spiro atoms. The molecule has 0 radical (unpaired) electrons. The Balaban J connectivity index is 2.91. The second-order valence-electron chi connectivity index (χ2n) is 2.22. The van der Waals surface area contributed by atoms with Crippen LogP contribution in [0.15, 0.2) is 40.5 Å². The zero-order chi connectivity index (χ0) is 7.52. The summed E-state index contributed by atoms with van der Waals surface area (Å²) in [5.41, 5.74) is 0. The zero-order valence-electron chi connectivity index (χ0n) is 5.86. The van der Waals surface area contributed by atoms with Crippen LogP contribution in [0.4, 0.5) is 0 Å². The number of rotatable bonds is 0. The van der Waals surface area contributed by atoms with Gasteiger partial charge in [0.2, 0.25) is 0 Å². The Morgan fingerprint density at radius 3 is 3.09 bits per heavy atom. The van der Waals surface area contributed by atoms with E-state index in [1.807, 2.05) is 30.3 Å². The van der Waals surface area contributed by atoms with Gasteiger partial charge in [0, 0.05) is 17.2 Å². The first kappa shape index (κ1) is 6.08. The first-order valence-corrected chi connectivity index (χ1v) is 3.39. The van der Waals surface area contributed by atoms with Crippen molar-refractivity contribution in [2.75, 3.05) is 0 Å². The Labute approximate surface area is 63.9 Å². The lowest BCUT2D eigenvalue weighted by Crippen LogP contribution is -2.22. The van der Waals surface area contributed by atoms with Gasteiger partial charge >= 0.3 is 0 Å². The molecule has 0 fully saturated rings. The lowest BCUT2D eigenvalue weighted by molar-refractivity contribution is 1.14. The molecule has 0 N–H and O–H groups in total. The third kappa shape index (κ3) is 1.11. The number of benzene rings is 1. The van der Waals surface area contributed by atoms with Crippen molar-refractivity contribution >= 4 is 11.9 Å². The maximum Gasteiger partial charge on any atom is 0.0937 e. The normalized spacial score (nSPS) is 12.7. The summed E-state index contributed by atoms with van der Waals surface area (Å²) in [6.45, 7) is 0. The average molecular weight is 142 g/mol. The van der Waals surface area contributed by atoms with Gasteiger partial charge in [-0.05, 0) is 12.1 Å². The molecule has 0 amide bonds. The standard InChI is InChI=1S/C9H6N2/c1-2-6-9-8(4-1)5-3-7-10-11-9/h1-6H. The second kappa shape index (κ2) is 2.52. The minimum atomic E-state index is 0.897. The highest BCUT2D eigenvalue weighted by atomic mass is 15.2. The predicted molar refractivity (Wildman–Crippen MR) is 43.7 cm³/mol. The predicted octanol–water partition coefficient (Wildman–Crippen LogP) is 0.241. The van der Waals surface area contributed by atoms with Crippen molar-refractivity contribution in [2.45, 2.75) is 0 Å². The van der Waals surface area contributed by atoms with Crippen LogP contribution in [0.2, 0.25) is 0 Å². The van der Waals surface area contributed by atoms with Gasteiger partial charge in [0.1, 0.15) is 0 Å². The van der Waals surface area contributed by atoms with E-state index in [-0.39, 0.29) is 0 Å².